The second-order valence-corrected chi connectivity index (χ2v) is 15.8. The van der Waals surface area contributed by atoms with E-state index in [0.717, 1.165) is 6.42 Å². The van der Waals surface area contributed by atoms with Gasteiger partial charge in [-0.1, -0.05) is 155 Å². The van der Waals surface area contributed by atoms with E-state index in [9.17, 15) is 0 Å². The van der Waals surface area contributed by atoms with E-state index in [-0.39, 0.29) is 10.8 Å². The molecule has 51 heavy (non-hydrogen) atoms. The predicted molar refractivity (Wildman–Crippen MR) is 214 cm³/mol. The average molecular weight is 656 g/mol. The van der Waals surface area contributed by atoms with Crippen molar-refractivity contribution in [1.82, 2.24) is 4.57 Å². The third-order valence-corrected chi connectivity index (χ3v) is 12.2. The third-order valence-electron chi connectivity index (χ3n) is 12.2. The van der Waals surface area contributed by atoms with Crippen molar-refractivity contribution < 1.29 is 0 Å². The number of benzene rings is 7. The van der Waals surface area contributed by atoms with E-state index in [2.05, 4.69) is 190 Å². The first-order chi connectivity index (χ1) is 24.8. The van der Waals surface area contributed by atoms with Crippen LogP contribution in [0.4, 0.5) is 0 Å². The molecule has 0 aliphatic heterocycles. The van der Waals surface area contributed by atoms with Gasteiger partial charge in [0.1, 0.15) is 0 Å². The van der Waals surface area contributed by atoms with Gasteiger partial charge in [0.2, 0.25) is 0 Å². The van der Waals surface area contributed by atoms with Gasteiger partial charge in [-0.25, -0.2) is 0 Å². The lowest BCUT2D eigenvalue weighted by Crippen LogP contribution is -2.16. The van der Waals surface area contributed by atoms with Gasteiger partial charge in [-0.15, -0.1) is 0 Å². The Morgan fingerprint density at radius 3 is 1.75 bits per heavy atom. The standard InChI is InChI=1S/C50H41N/c1-49(2)43-21-13-11-19-36(43)41-30-42-39-20-12-14-22-47(39)51(48(42)31-46(41)49)35-24-26-38-37-25-23-32(28-44(37)50(3,4)45(38)29-35)27-40(33-15-7-5-8-16-33)34-17-9-6-10-18-34/h5-26,28-31,40H,27H2,1-4H3. The average Bonchev–Trinajstić information content (AvgIpc) is 3.70. The van der Waals surface area contributed by atoms with Crippen molar-refractivity contribution in [1.29, 1.82) is 0 Å². The zero-order valence-corrected chi connectivity index (χ0v) is 29.7. The summed E-state index contributed by atoms with van der Waals surface area (Å²) < 4.78 is 2.51. The minimum absolute atomic E-state index is 0.0549. The summed E-state index contributed by atoms with van der Waals surface area (Å²) >= 11 is 0. The molecule has 0 saturated heterocycles. The van der Waals surface area contributed by atoms with Gasteiger partial charge in [0.05, 0.1) is 11.0 Å². The number of hydrogen-bond donors (Lipinski definition) is 0. The second-order valence-electron chi connectivity index (χ2n) is 15.8. The van der Waals surface area contributed by atoms with Gasteiger partial charge >= 0.3 is 0 Å². The van der Waals surface area contributed by atoms with Gasteiger partial charge in [0, 0.05) is 33.2 Å². The van der Waals surface area contributed by atoms with Crippen LogP contribution in [0.1, 0.15) is 72.6 Å². The molecule has 1 heterocycles. The van der Waals surface area contributed by atoms with Crippen LogP contribution in [0.25, 0.3) is 49.7 Å². The van der Waals surface area contributed by atoms with Crippen LogP contribution in [-0.2, 0) is 17.3 Å². The summed E-state index contributed by atoms with van der Waals surface area (Å²) in [6.07, 6.45) is 0.963. The van der Waals surface area contributed by atoms with Crippen LogP contribution in [-0.4, -0.2) is 4.57 Å². The Hall–Kier alpha value is -5.66. The van der Waals surface area contributed by atoms with Gasteiger partial charge in [-0.05, 0) is 98.0 Å². The number of hydrogen-bond acceptors (Lipinski definition) is 0. The van der Waals surface area contributed by atoms with E-state index in [1.807, 2.05) is 0 Å². The summed E-state index contributed by atoms with van der Waals surface area (Å²) in [4.78, 5) is 0. The first-order valence-electron chi connectivity index (χ1n) is 18.4. The first-order valence-corrected chi connectivity index (χ1v) is 18.4. The summed E-state index contributed by atoms with van der Waals surface area (Å²) in [5.74, 6) is 0.304. The largest absolute Gasteiger partial charge is 0.309 e. The molecule has 0 atom stereocenters. The molecule has 0 N–H and O–H groups in total. The summed E-state index contributed by atoms with van der Waals surface area (Å²) in [7, 11) is 0. The number of nitrogens with zero attached hydrogens (tertiary/aromatic N) is 1. The highest BCUT2D eigenvalue weighted by Crippen LogP contribution is 2.52. The second kappa shape index (κ2) is 10.9. The minimum atomic E-state index is -0.130. The molecular formula is C50H41N. The van der Waals surface area contributed by atoms with Crippen molar-refractivity contribution in [2.75, 3.05) is 0 Å². The molecule has 1 nitrogen and oxygen atoms in total. The Balaban J connectivity index is 1.09. The maximum absolute atomic E-state index is 2.51. The highest BCUT2D eigenvalue weighted by Gasteiger charge is 2.38. The summed E-state index contributed by atoms with van der Waals surface area (Å²) in [6, 6.07) is 59.3. The lowest BCUT2D eigenvalue weighted by Gasteiger charge is -2.24. The molecule has 0 saturated carbocycles. The van der Waals surface area contributed by atoms with Crippen molar-refractivity contribution in [3.63, 3.8) is 0 Å². The van der Waals surface area contributed by atoms with Gasteiger partial charge in [0.15, 0.2) is 0 Å². The molecule has 8 aromatic rings. The fourth-order valence-corrected chi connectivity index (χ4v) is 9.51. The lowest BCUT2D eigenvalue weighted by molar-refractivity contribution is 0.657. The molecule has 0 fully saturated rings. The van der Waals surface area contributed by atoms with Crippen molar-refractivity contribution in [3.8, 4) is 27.9 Å². The van der Waals surface area contributed by atoms with Gasteiger partial charge in [-0.2, -0.15) is 0 Å². The molecule has 0 radical (unpaired) electrons. The van der Waals surface area contributed by atoms with Crippen LogP contribution in [0, 0.1) is 0 Å². The quantitative estimate of drug-likeness (QED) is 0.174. The monoisotopic (exact) mass is 655 g/mol. The maximum Gasteiger partial charge on any atom is 0.0544 e. The van der Waals surface area contributed by atoms with Crippen molar-refractivity contribution >= 4 is 21.8 Å². The highest BCUT2D eigenvalue weighted by atomic mass is 15.0. The van der Waals surface area contributed by atoms with E-state index in [0.29, 0.717) is 5.92 Å². The molecule has 0 amide bonds. The molecule has 2 aliphatic carbocycles. The number of rotatable bonds is 5. The van der Waals surface area contributed by atoms with E-state index in [4.69, 9.17) is 0 Å². The fourth-order valence-electron chi connectivity index (χ4n) is 9.51. The topological polar surface area (TPSA) is 4.93 Å². The molecule has 2 aliphatic rings. The summed E-state index contributed by atoms with van der Waals surface area (Å²) in [6.45, 7) is 9.58. The number of aromatic nitrogens is 1. The van der Waals surface area contributed by atoms with Crippen molar-refractivity contribution in [2.45, 2.75) is 50.9 Å². The molecule has 10 rings (SSSR count). The van der Waals surface area contributed by atoms with Crippen LogP contribution >= 0.6 is 0 Å². The van der Waals surface area contributed by atoms with E-state index in [1.54, 1.807) is 0 Å². The van der Waals surface area contributed by atoms with Crippen LogP contribution < -0.4 is 0 Å². The summed E-state index contributed by atoms with van der Waals surface area (Å²) in [5, 5.41) is 2.62. The normalized spacial score (nSPS) is 14.8. The van der Waals surface area contributed by atoms with E-state index < -0.39 is 0 Å². The molecule has 246 valence electrons. The van der Waals surface area contributed by atoms with Crippen LogP contribution in [0.2, 0.25) is 0 Å². The molecule has 1 aromatic heterocycles. The van der Waals surface area contributed by atoms with Gasteiger partial charge < -0.3 is 4.57 Å². The molecule has 0 bridgehead atoms. The summed E-state index contributed by atoms with van der Waals surface area (Å²) in [5.41, 5.74) is 18.8. The van der Waals surface area contributed by atoms with Crippen LogP contribution in [0.3, 0.4) is 0 Å². The smallest absolute Gasteiger partial charge is 0.0544 e. The Labute approximate surface area is 300 Å². The van der Waals surface area contributed by atoms with Crippen molar-refractivity contribution in [2.24, 2.45) is 0 Å². The SMILES string of the molecule is CC1(C)c2cc(CC(c3ccccc3)c3ccccc3)ccc2-c2ccc(-n3c4ccccc4c4cc5c(cc43)C(C)(C)c3ccccc3-5)cc21. The molecule has 0 spiro atoms. The molecule has 1 heteroatoms. The van der Waals surface area contributed by atoms with Crippen LogP contribution in [0.5, 0.6) is 0 Å². The zero-order valence-electron chi connectivity index (χ0n) is 29.7. The van der Waals surface area contributed by atoms with Crippen molar-refractivity contribution in [3.05, 3.63) is 197 Å². The first kappa shape index (κ1) is 30.2. The lowest BCUT2D eigenvalue weighted by atomic mass is 9.80. The highest BCUT2D eigenvalue weighted by molar-refractivity contribution is 6.11. The molecule has 0 unspecified atom stereocenters. The zero-order chi connectivity index (χ0) is 34.5. The van der Waals surface area contributed by atoms with Gasteiger partial charge in [-0.3, -0.25) is 0 Å². The Bertz CT molecular complexity index is 2610. The van der Waals surface area contributed by atoms with E-state index >= 15 is 0 Å². The third kappa shape index (κ3) is 4.40. The molecule has 7 aromatic carbocycles. The maximum atomic E-state index is 2.51. The Morgan fingerprint density at radius 2 is 1.00 bits per heavy atom. The fraction of sp³-hybridized carbons (Fsp3) is 0.160. The van der Waals surface area contributed by atoms with Crippen LogP contribution in [0.15, 0.2) is 158 Å². The number of para-hydroxylation sites is 1. The Morgan fingerprint density at radius 1 is 0.431 bits per heavy atom. The molecular weight excluding hydrogens is 615 g/mol. The minimum Gasteiger partial charge on any atom is -0.309 e. The number of fused-ring (bicyclic) bond motifs is 9. The van der Waals surface area contributed by atoms with E-state index in [1.165, 1.54) is 88.7 Å². The van der Waals surface area contributed by atoms with Gasteiger partial charge in [0.25, 0.3) is 0 Å². The Kier molecular flexibility index (Phi) is 6.46. The predicted octanol–water partition coefficient (Wildman–Crippen LogP) is 12.8.